The first-order valence-electron chi connectivity index (χ1n) is 8.66. The van der Waals surface area contributed by atoms with Gasteiger partial charge in [0.15, 0.2) is 11.5 Å². The van der Waals surface area contributed by atoms with E-state index in [4.69, 9.17) is 5.73 Å². The van der Waals surface area contributed by atoms with Gasteiger partial charge >= 0.3 is 0 Å². The number of nitrogens with two attached hydrogens (primary N) is 1. The molecule has 126 valence electrons. The van der Waals surface area contributed by atoms with Crippen LogP contribution in [0.5, 0.6) is 0 Å². The zero-order valence-corrected chi connectivity index (χ0v) is 14.0. The summed E-state index contributed by atoms with van der Waals surface area (Å²) in [4.78, 5) is 21.0. The minimum absolute atomic E-state index is 0.497. The molecule has 0 radical (unpaired) electrons. The molecule has 0 aromatic carbocycles. The number of aromatic nitrogens is 4. The molecule has 1 aliphatic heterocycles. The van der Waals surface area contributed by atoms with Crippen molar-refractivity contribution in [2.75, 3.05) is 45.0 Å². The summed E-state index contributed by atoms with van der Waals surface area (Å²) in [5.74, 6) is 1.30. The molecule has 1 fully saturated rings. The quantitative estimate of drug-likeness (QED) is 0.748. The van der Waals surface area contributed by atoms with E-state index in [-0.39, 0.29) is 0 Å². The monoisotopic (exact) mass is 317 g/mol. The van der Waals surface area contributed by atoms with Crippen LogP contribution >= 0.6 is 0 Å². The number of hydrogen-bond acceptors (Lipinski definition) is 6. The van der Waals surface area contributed by atoms with Crippen molar-refractivity contribution >= 4 is 17.0 Å². The molecule has 0 aliphatic carbocycles. The summed E-state index contributed by atoms with van der Waals surface area (Å²) < 4.78 is 0. The lowest BCUT2D eigenvalue weighted by atomic mass is 10.1. The number of aryl methyl sites for hydroxylation is 1. The van der Waals surface area contributed by atoms with E-state index in [1.807, 2.05) is 0 Å². The maximum Gasteiger partial charge on any atom is 0.183 e. The second-order valence-electron chi connectivity index (χ2n) is 6.21. The molecule has 0 unspecified atom stereocenters. The smallest absolute Gasteiger partial charge is 0.183 e. The number of piperazine rings is 1. The lowest BCUT2D eigenvalue weighted by Crippen LogP contribution is -2.46. The summed E-state index contributed by atoms with van der Waals surface area (Å²) in [6.45, 7) is 9.48. The van der Waals surface area contributed by atoms with Gasteiger partial charge in [0.1, 0.15) is 11.3 Å². The number of rotatable bonds is 7. The third-order valence-electron chi connectivity index (χ3n) is 4.65. The van der Waals surface area contributed by atoms with Crippen LogP contribution < -0.4 is 5.73 Å². The fourth-order valence-electron chi connectivity index (χ4n) is 3.14. The molecular weight excluding hydrogens is 290 g/mol. The van der Waals surface area contributed by atoms with E-state index in [0.717, 1.165) is 24.2 Å². The molecule has 0 atom stereocenters. The third kappa shape index (κ3) is 4.17. The van der Waals surface area contributed by atoms with Gasteiger partial charge in [0, 0.05) is 32.6 Å². The average Bonchev–Trinajstić information content (AvgIpc) is 3.04. The molecule has 7 nitrogen and oxygen atoms in total. The highest BCUT2D eigenvalue weighted by Crippen LogP contribution is 2.14. The number of imidazole rings is 1. The largest absolute Gasteiger partial charge is 0.382 e. The number of fused-ring (bicyclic) bond motifs is 1. The maximum atomic E-state index is 5.92. The van der Waals surface area contributed by atoms with Crippen LogP contribution in [0.25, 0.3) is 11.2 Å². The zero-order valence-electron chi connectivity index (χ0n) is 14.0. The van der Waals surface area contributed by atoms with Crippen molar-refractivity contribution in [1.82, 2.24) is 29.7 Å². The van der Waals surface area contributed by atoms with Crippen LogP contribution in [0.1, 0.15) is 32.0 Å². The van der Waals surface area contributed by atoms with Crippen molar-refractivity contribution in [1.29, 1.82) is 0 Å². The molecule has 23 heavy (non-hydrogen) atoms. The Hall–Kier alpha value is -1.73. The molecule has 0 amide bonds. The highest BCUT2D eigenvalue weighted by molar-refractivity contribution is 5.80. The Morgan fingerprint density at radius 3 is 2.65 bits per heavy atom. The van der Waals surface area contributed by atoms with Gasteiger partial charge in [-0.15, -0.1) is 0 Å². The van der Waals surface area contributed by atoms with Crippen LogP contribution in [0.3, 0.4) is 0 Å². The lowest BCUT2D eigenvalue weighted by Gasteiger charge is -2.33. The van der Waals surface area contributed by atoms with E-state index in [2.05, 4.69) is 36.7 Å². The van der Waals surface area contributed by atoms with Crippen molar-refractivity contribution in [3.05, 3.63) is 12.2 Å². The SMILES string of the molecule is CCN1CCN(CCCCCc2nc(N)c3[nH]cnc3n2)CC1. The van der Waals surface area contributed by atoms with Gasteiger partial charge in [-0.05, 0) is 25.9 Å². The summed E-state index contributed by atoms with van der Waals surface area (Å²) >= 11 is 0. The van der Waals surface area contributed by atoms with Crippen molar-refractivity contribution in [2.24, 2.45) is 0 Å². The van der Waals surface area contributed by atoms with Gasteiger partial charge in [0.25, 0.3) is 0 Å². The van der Waals surface area contributed by atoms with Crippen LogP contribution in [0.4, 0.5) is 5.82 Å². The molecule has 0 spiro atoms. The number of aromatic amines is 1. The molecule has 3 N–H and O–H groups in total. The standard InChI is InChI=1S/C16H27N7/c1-2-22-8-10-23(11-9-22)7-5-3-4-6-13-20-15(17)14-16(21-13)19-12-18-14/h12H,2-11H2,1H3,(H3,17,18,19,20,21). The first kappa shape index (κ1) is 16.1. The van der Waals surface area contributed by atoms with E-state index in [0.29, 0.717) is 11.5 Å². The van der Waals surface area contributed by atoms with Crippen molar-refractivity contribution in [3.63, 3.8) is 0 Å². The highest BCUT2D eigenvalue weighted by Gasteiger charge is 2.14. The van der Waals surface area contributed by atoms with Crippen LogP contribution in [0, 0.1) is 0 Å². The van der Waals surface area contributed by atoms with E-state index in [1.165, 1.54) is 52.1 Å². The highest BCUT2D eigenvalue weighted by atomic mass is 15.3. The minimum Gasteiger partial charge on any atom is -0.382 e. The average molecular weight is 317 g/mol. The number of anilines is 1. The summed E-state index contributed by atoms with van der Waals surface area (Å²) in [6, 6.07) is 0. The fraction of sp³-hybridized carbons (Fsp3) is 0.688. The number of unbranched alkanes of at least 4 members (excludes halogenated alkanes) is 2. The number of nitrogens with zero attached hydrogens (tertiary/aromatic N) is 5. The number of likely N-dealkylation sites (N-methyl/N-ethyl adjacent to an activating group) is 1. The molecular formula is C16H27N7. The van der Waals surface area contributed by atoms with Gasteiger partial charge < -0.3 is 20.5 Å². The Morgan fingerprint density at radius 2 is 1.87 bits per heavy atom. The maximum absolute atomic E-state index is 5.92. The Labute approximate surface area is 137 Å². The predicted molar refractivity (Wildman–Crippen MR) is 92.2 cm³/mol. The first-order valence-corrected chi connectivity index (χ1v) is 8.66. The summed E-state index contributed by atoms with van der Waals surface area (Å²) in [6.07, 6.45) is 6.03. The van der Waals surface area contributed by atoms with E-state index < -0.39 is 0 Å². The molecule has 2 aromatic rings. The van der Waals surface area contributed by atoms with E-state index in [1.54, 1.807) is 6.33 Å². The molecule has 2 aromatic heterocycles. The molecule has 1 saturated heterocycles. The third-order valence-corrected chi connectivity index (χ3v) is 4.65. The Bertz CT molecular complexity index is 616. The van der Waals surface area contributed by atoms with Gasteiger partial charge in [0.05, 0.1) is 6.33 Å². The number of nitrogens with one attached hydrogen (secondary N) is 1. The summed E-state index contributed by atoms with van der Waals surface area (Å²) in [5.41, 5.74) is 7.32. The van der Waals surface area contributed by atoms with Crippen LogP contribution in [0.2, 0.25) is 0 Å². The normalized spacial score (nSPS) is 17.1. The number of nitrogen functional groups attached to an aromatic ring is 1. The topological polar surface area (TPSA) is 87.0 Å². The molecule has 0 saturated carbocycles. The molecule has 3 heterocycles. The molecule has 7 heteroatoms. The van der Waals surface area contributed by atoms with Gasteiger partial charge in [-0.2, -0.15) is 0 Å². The van der Waals surface area contributed by atoms with Gasteiger partial charge in [-0.3, -0.25) is 0 Å². The number of hydrogen-bond donors (Lipinski definition) is 2. The lowest BCUT2D eigenvalue weighted by molar-refractivity contribution is 0.135. The second kappa shape index (κ2) is 7.70. The first-order chi connectivity index (χ1) is 11.3. The molecule has 3 rings (SSSR count). The molecule has 1 aliphatic rings. The van der Waals surface area contributed by atoms with Crippen molar-refractivity contribution in [3.8, 4) is 0 Å². The Morgan fingerprint density at radius 1 is 1.09 bits per heavy atom. The number of H-pyrrole nitrogens is 1. The van der Waals surface area contributed by atoms with Crippen molar-refractivity contribution in [2.45, 2.75) is 32.6 Å². The Kier molecular flexibility index (Phi) is 5.40. The van der Waals surface area contributed by atoms with Gasteiger partial charge in [-0.25, -0.2) is 15.0 Å². The summed E-state index contributed by atoms with van der Waals surface area (Å²) in [5, 5.41) is 0. The van der Waals surface area contributed by atoms with Crippen LogP contribution in [-0.4, -0.2) is 69.0 Å². The van der Waals surface area contributed by atoms with E-state index >= 15 is 0 Å². The van der Waals surface area contributed by atoms with Crippen molar-refractivity contribution < 1.29 is 0 Å². The minimum atomic E-state index is 0.497. The summed E-state index contributed by atoms with van der Waals surface area (Å²) in [7, 11) is 0. The van der Waals surface area contributed by atoms with E-state index in [9.17, 15) is 0 Å². The van der Waals surface area contributed by atoms with Crippen LogP contribution in [-0.2, 0) is 6.42 Å². The van der Waals surface area contributed by atoms with Gasteiger partial charge in [0.2, 0.25) is 0 Å². The van der Waals surface area contributed by atoms with Gasteiger partial charge in [-0.1, -0.05) is 13.3 Å². The zero-order chi connectivity index (χ0) is 16.1. The Balaban J connectivity index is 1.36. The second-order valence-corrected chi connectivity index (χ2v) is 6.21. The fourth-order valence-corrected chi connectivity index (χ4v) is 3.14. The van der Waals surface area contributed by atoms with Crippen LogP contribution in [0.15, 0.2) is 6.33 Å². The predicted octanol–water partition coefficient (Wildman–Crippen LogP) is 1.29. The molecule has 0 bridgehead atoms.